The van der Waals surface area contributed by atoms with E-state index in [1.54, 1.807) is 19.3 Å². The second-order valence-corrected chi connectivity index (χ2v) is 5.53. The molecule has 114 valence electrons. The molecule has 3 rings (SSSR count). The van der Waals surface area contributed by atoms with Gasteiger partial charge in [0.25, 0.3) is 5.91 Å². The highest BCUT2D eigenvalue weighted by atomic mass is 16.2. The summed E-state index contributed by atoms with van der Waals surface area (Å²) in [5, 5.41) is 6.37. The number of hydrogen-bond donors (Lipinski definition) is 2. The molecular weight excluding hydrogens is 278 g/mol. The van der Waals surface area contributed by atoms with Crippen molar-refractivity contribution >= 4 is 5.91 Å². The molecule has 0 spiro atoms. The van der Waals surface area contributed by atoms with Crippen molar-refractivity contribution in [3.63, 3.8) is 0 Å². The predicted molar refractivity (Wildman–Crippen MR) is 84.9 cm³/mol. The molecular formula is C17H19N3O2. The number of rotatable bonds is 3. The van der Waals surface area contributed by atoms with Gasteiger partial charge in [-0.25, -0.2) is 0 Å². The molecule has 5 nitrogen and oxygen atoms in total. The van der Waals surface area contributed by atoms with Crippen LogP contribution in [0.4, 0.5) is 0 Å². The Balaban J connectivity index is 1.69. The van der Waals surface area contributed by atoms with Crippen molar-refractivity contribution in [3.05, 3.63) is 69.6 Å². The summed E-state index contributed by atoms with van der Waals surface area (Å²) in [6.07, 6.45) is 2.57. The van der Waals surface area contributed by atoms with Crippen molar-refractivity contribution in [2.75, 3.05) is 13.1 Å². The van der Waals surface area contributed by atoms with E-state index in [0.29, 0.717) is 12.1 Å². The van der Waals surface area contributed by atoms with Crippen LogP contribution in [0.2, 0.25) is 0 Å². The van der Waals surface area contributed by atoms with Gasteiger partial charge in [0.15, 0.2) is 0 Å². The van der Waals surface area contributed by atoms with Crippen LogP contribution >= 0.6 is 0 Å². The van der Waals surface area contributed by atoms with Crippen molar-refractivity contribution in [1.29, 1.82) is 0 Å². The number of nitrogens with zero attached hydrogens (tertiary/aromatic N) is 1. The maximum absolute atomic E-state index is 12.2. The first-order valence-electron chi connectivity index (χ1n) is 7.41. The monoisotopic (exact) mass is 297 g/mol. The minimum atomic E-state index is -0.166. The Labute approximate surface area is 129 Å². The predicted octanol–water partition coefficient (Wildman–Crippen LogP) is 1.00. The lowest BCUT2D eigenvalue weighted by atomic mass is 9.94. The largest absolute Gasteiger partial charge is 0.350 e. The normalized spacial score (nSPS) is 16.9. The SMILES string of the molecule is Cn1cc(C(=O)NCC2NCCc3ccccc32)ccc1=O. The van der Waals surface area contributed by atoms with E-state index >= 15 is 0 Å². The van der Waals surface area contributed by atoms with Gasteiger partial charge in [-0.1, -0.05) is 24.3 Å². The third kappa shape index (κ3) is 2.94. The number of aromatic nitrogens is 1. The van der Waals surface area contributed by atoms with E-state index in [1.165, 1.54) is 21.8 Å². The summed E-state index contributed by atoms with van der Waals surface area (Å²) in [4.78, 5) is 23.6. The molecule has 22 heavy (non-hydrogen) atoms. The van der Waals surface area contributed by atoms with Crippen LogP contribution in [0, 0.1) is 0 Å². The summed E-state index contributed by atoms with van der Waals surface area (Å²) in [7, 11) is 1.64. The maximum Gasteiger partial charge on any atom is 0.252 e. The van der Waals surface area contributed by atoms with Crippen LogP contribution in [0.15, 0.2) is 47.4 Å². The topological polar surface area (TPSA) is 63.1 Å². The van der Waals surface area contributed by atoms with E-state index < -0.39 is 0 Å². The fourth-order valence-corrected chi connectivity index (χ4v) is 2.80. The Hall–Kier alpha value is -2.40. The van der Waals surface area contributed by atoms with Crippen molar-refractivity contribution in [1.82, 2.24) is 15.2 Å². The highest BCUT2D eigenvalue weighted by molar-refractivity contribution is 5.93. The van der Waals surface area contributed by atoms with Gasteiger partial charge in [-0.05, 0) is 30.2 Å². The van der Waals surface area contributed by atoms with Crippen LogP contribution in [-0.2, 0) is 13.5 Å². The first-order valence-corrected chi connectivity index (χ1v) is 7.41. The molecule has 1 aliphatic heterocycles. The number of amides is 1. The Morgan fingerprint density at radius 1 is 1.32 bits per heavy atom. The Kier molecular flexibility index (Phi) is 4.06. The van der Waals surface area contributed by atoms with Crippen LogP contribution in [-0.4, -0.2) is 23.6 Å². The van der Waals surface area contributed by atoms with Gasteiger partial charge in [0.2, 0.25) is 5.56 Å². The highest BCUT2D eigenvalue weighted by Crippen LogP contribution is 2.21. The number of fused-ring (bicyclic) bond motifs is 1. The quantitative estimate of drug-likeness (QED) is 0.888. The van der Waals surface area contributed by atoms with Crippen LogP contribution in [0.1, 0.15) is 27.5 Å². The van der Waals surface area contributed by atoms with E-state index in [1.807, 2.05) is 12.1 Å². The minimum absolute atomic E-state index is 0.126. The zero-order chi connectivity index (χ0) is 15.5. The summed E-state index contributed by atoms with van der Waals surface area (Å²) in [5.41, 5.74) is 2.95. The molecule has 0 saturated carbocycles. The Morgan fingerprint density at radius 3 is 2.95 bits per heavy atom. The van der Waals surface area contributed by atoms with Gasteiger partial charge in [-0.3, -0.25) is 9.59 Å². The number of hydrogen-bond acceptors (Lipinski definition) is 3. The van der Waals surface area contributed by atoms with Gasteiger partial charge < -0.3 is 15.2 Å². The van der Waals surface area contributed by atoms with Crippen LogP contribution in [0.5, 0.6) is 0 Å². The summed E-state index contributed by atoms with van der Waals surface area (Å²) >= 11 is 0. The number of nitrogens with one attached hydrogen (secondary N) is 2. The molecule has 2 N–H and O–H groups in total. The van der Waals surface area contributed by atoms with Crippen molar-refractivity contribution in [2.45, 2.75) is 12.5 Å². The molecule has 0 aliphatic carbocycles. The number of pyridine rings is 1. The first kappa shape index (κ1) is 14.5. The van der Waals surface area contributed by atoms with Crippen LogP contribution in [0.3, 0.4) is 0 Å². The molecule has 1 unspecified atom stereocenters. The van der Waals surface area contributed by atoms with E-state index in [2.05, 4.69) is 22.8 Å². The van der Waals surface area contributed by atoms with Gasteiger partial charge in [0, 0.05) is 31.9 Å². The number of carbonyl (C=O) groups is 1. The molecule has 1 atom stereocenters. The van der Waals surface area contributed by atoms with Gasteiger partial charge >= 0.3 is 0 Å². The fourth-order valence-electron chi connectivity index (χ4n) is 2.80. The molecule has 2 heterocycles. The van der Waals surface area contributed by atoms with Crippen molar-refractivity contribution in [2.24, 2.45) is 7.05 Å². The average molecular weight is 297 g/mol. The number of carbonyl (C=O) groups excluding carboxylic acids is 1. The first-order chi connectivity index (χ1) is 10.6. The standard InChI is InChI=1S/C17H19N3O2/c1-20-11-13(6-7-16(20)21)17(22)19-10-15-14-5-3-2-4-12(14)8-9-18-15/h2-7,11,15,18H,8-10H2,1H3,(H,19,22). The van der Waals surface area contributed by atoms with Crippen LogP contribution in [0.25, 0.3) is 0 Å². The summed E-state index contributed by atoms with van der Waals surface area (Å²) < 4.78 is 1.41. The molecule has 1 aromatic carbocycles. The van der Waals surface area contributed by atoms with Crippen LogP contribution < -0.4 is 16.2 Å². The van der Waals surface area contributed by atoms with Gasteiger partial charge in [-0.15, -0.1) is 0 Å². The molecule has 1 aromatic heterocycles. The zero-order valence-electron chi connectivity index (χ0n) is 12.5. The van der Waals surface area contributed by atoms with Gasteiger partial charge in [0.1, 0.15) is 0 Å². The van der Waals surface area contributed by atoms with E-state index in [0.717, 1.165) is 13.0 Å². The average Bonchev–Trinajstić information content (AvgIpc) is 2.55. The number of aryl methyl sites for hydroxylation is 1. The summed E-state index contributed by atoms with van der Waals surface area (Å²) in [6.45, 7) is 1.44. The van der Waals surface area contributed by atoms with Gasteiger partial charge in [-0.2, -0.15) is 0 Å². The van der Waals surface area contributed by atoms with E-state index in [9.17, 15) is 9.59 Å². The molecule has 2 aromatic rings. The summed E-state index contributed by atoms with van der Waals surface area (Å²) in [5.74, 6) is -0.166. The number of benzene rings is 1. The summed E-state index contributed by atoms with van der Waals surface area (Å²) in [6, 6.07) is 11.4. The second-order valence-electron chi connectivity index (χ2n) is 5.53. The molecule has 0 radical (unpaired) electrons. The maximum atomic E-state index is 12.2. The van der Waals surface area contributed by atoms with E-state index in [-0.39, 0.29) is 17.5 Å². The molecule has 0 bridgehead atoms. The molecule has 1 aliphatic rings. The highest BCUT2D eigenvalue weighted by Gasteiger charge is 2.19. The fraction of sp³-hybridized carbons (Fsp3) is 0.294. The molecule has 0 saturated heterocycles. The van der Waals surface area contributed by atoms with E-state index in [4.69, 9.17) is 0 Å². The Morgan fingerprint density at radius 2 is 2.14 bits per heavy atom. The third-order valence-corrected chi connectivity index (χ3v) is 4.03. The molecule has 1 amide bonds. The Bertz CT molecular complexity index is 752. The van der Waals surface area contributed by atoms with Crippen molar-refractivity contribution in [3.8, 4) is 0 Å². The lowest BCUT2D eigenvalue weighted by Crippen LogP contribution is -2.39. The smallest absolute Gasteiger partial charge is 0.252 e. The van der Waals surface area contributed by atoms with Crippen molar-refractivity contribution < 1.29 is 4.79 Å². The third-order valence-electron chi connectivity index (χ3n) is 4.03. The minimum Gasteiger partial charge on any atom is -0.350 e. The van der Waals surface area contributed by atoms with Gasteiger partial charge in [0.05, 0.1) is 5.56 Å². The zero-order valence-corrected chi connectivity index (χ0v) is 12.5. The lowest BCUT2D eigenvalue weighted by molar-refractivity contribution is 0.0948. The molecule has 0 fully saturated rings. The second kappa shape index (κ2) is 6.15. The lowest BCUT2D eigenvalue weighted by Gasteiger charge is -2.27. The molecule has 5 heteroatoms.